The van der Waals surface area contributed by atoms with Gasteiger partial charge in [-0.15, -0.1) is 0 Å². The predicted octanol–water partition coefficient (Wildman–Crippen LogP) is 5.49. The van der Waals surface area contributed by atoms with Crippen molar-refractivity contribution in [3.05, 3.63) is 135 Å². The molecule has 0 radical (unpaired) electrons. The highest BCUT2D eigenvalue weighted by atomic mass is 32.2. The van der Waals surface area contributed by atoms with Gasteiger partial charge in [-0.1, -0.05) is 102 Å². The number of nitrogens with zero attached hydrogens (tertiary/aromatic N) is 1. The quantitative estimate of drug-likeness (QED) is 0.321. The maximum absolute atomic E-state index is 13.5. The van der Waals surface area contributed by atoms with Crippen LogP contribution >= 0.6 is 11.3 Å². The van der Waals surface area contributed by atoms with Gasteiger partial charge in [0, 0.05) is 0 Å². The summed E-state index contributed by atoms with van der Waals surface area (Å²) >= 11 is 1.06. The first-order valence-corrected chi connectivity index (χ1v) is 13.5. The number of fused-ring (bicyclic) bond motifs is 1. The second-order valence-corrected chi connectivity index (χ2v) is 11.2. The Morgan fingerprint density at radius 3 is 2.23 bits per heavy atom. The molecular weight excluding hydrogens is 476 g/mol. The van der Waals surface area contributed by atoms with Crippen LogP contribution in [0, 0.1) is 6.92 Å². The molecule has 0 bridgehead atoms. The summed E-state index contributed by atoms with van der Waals surface area (Å²) < 4.78 is 32.2. The topological polar surface area (TPSA) is 68.2 Å². The summed E-state index contributed by atoms with van der Waals surface area (Å²) in [4.78, 5) is 12.7. The van der Waals surface area contributed by atoms with Crippen LogP contribution in [-0.4, -0.2) is 13.0 Å². The van der Waals surface area contributed by atoms with Crippen molar-refractivity contribution in [2.75, 3.05) is 0 Å². The van der Waals surface area contributed by atoms with E-state index < -0.39 is 16.1 Å². The van der Waals surface area contributed by atoms with Crippen LogP contribution in [0.1, 0.15) is 28.3 Å². The summed E-state index contributed by atoms with van der Waals surface area (Å²) in [5.41, 5.74) is 4.49. The summed E-state index contributed by atoms with van der Waals surface area (Å²) in [5, 5.41) is 0. The fraction of sp³-hybridized carbons (Fsp3) is 0.107. The average Bonchev–Trinajstić information content (AvgIpc) is 3.18. The molecule has 176 valence electrons. The van der Waals surface area contributed by atoms with Gasteiger partial charge >= 0.3 is 4.87 Å². The van der Waals surface area contributed by atoms with Crippen molar-refractivity contribution in [1.82, 2.24) is 9.29 Å². The molecule has 7 heteroatoms. The minimum atomic E-state index is -3.88. The normalized spacial score (nSPS) is 12.6. The van der Waals surface area contributed by atoms with E-state index in [0.717, 1.165) is 39.1 Å². The first-order chi connectivity index (χ1) is 16.9. The van der Waals surface area contributed by atoms with Crippen molar-refractivity contribution in [2.24, 2.45) is 0 Å². The molecule has 5 nitrogen and oxygen atoms in total. The highest BCUT2D eigenvalue weighted by Crippen LogP contribution is 2.27. The van der Waals surface area contributed by atoms with Crippen LogP contribution < -0.4 is 9.60 Å². The molecule has 0 spiro atoms. The number of thiazole rings is 1. The fourth-order valence-corrected chi connectivity index (χ4v) is 6.42. The number of hydrogen-bond donors (Lipinski definition) is 1. The highest BCUT2D eigenvalue weighted by Gasteiger charge is 2.24. The lowest BCUT2D eigenvalue weighted by Crippen LogP contribution is -2.29. The Bertz CT molecular complexity index is 1640. The molecule has 0 aliphatic carbocycles. The Balaban J connectivity index is 1.51. The number of benzene rings is 4. The maximum atomic E-state index is 13.5. The summed E-state index contributed by atoms with van der Waals surface area (Å²) in [6.45, 7) is 2.42. The number of aromatic nitrogens is 1. The molecule has 0 saturated carbocycles. The van der Waals surface area contributed by atoms with Crippen molar-refractivity contribution in [2.45, 2.75) is 24.4 Å². The molecule has 0 fully saturated rings. The summed E-state index contributed by atoms with van der Waals surface area (Å²) in [5.74, 6) is 0. The third-order valence-electron chi connectivity index (χ3n) is 5.91. The first kappa shape index (κ1) is 23.2. The van der Waals surface area contributed by atoms with Gasteiger partial charge in [0.2, 0.25) is 10.0 Å². The van der Waals surface area contributed by atoms with E-state index in [2.05, 4.69) is 4.72 Å². The molecule has 0 aliphatic rings. The molecule has 0 amide bonds. The molecule has 1 atom stereocenters. The minimum absolute atomic E-state index is 0.117. The fourth-order valence-electron chi connectivity index (χ4n) is 4.18. The Morgan fingerprint density at radius 2 is 1.51 bits per heavy atom. The van der Waals surface area contributed by atoms with Gasteiger partial charge in [-0.2, -0.15) is 4.72 Å². The van der Waals surface area contributed by atoms with Gasteiger partial charge < -0.3 is 0 Å². The zero-order chi connectivity index (χ0) is 24.4. The molecule has 5 aromatic rings. The lowest BCUT2D eigenvalue weighted by molar-refractivity contribution is 0.572. The molecule has 0 unspecified atom stereocenters. The van der Waals surface area contributed by atoms with E-state index in [1.54, 1.807) is 22.8 Å². The number of nitrogens with one attached hydrogen (secondary N) is 1. The molecule has 0 saturated heterocycles. The predicted molar refractivity (Wildman–Crippen MR) is 141 cm³/mol. The molecule has 1 N–H and O–H groups in total. The van der Waals surface area contributed by atoms with E-state index in [1.807, 2.05) is 91.9 Å². The van der Waals surface area contributed by atoms with Gasteiger partial charge in [-0.05, 0) is 41.8 Å². The van der Waals surface area contributed by atoms with E-state index >= 15 is 0 Å². The summed E-state index contributed by atoms with van der Waals surface area (Å²) in [7, 11) is -3.88. The van der Waals surface area contributed by atoms with Gasteiger partial charge in [0.05, 0.1) is 27.7 Å². The lowest BCUT2D eigenvalue weighted by atomic mass is 9.98. The Hall–Kier alpha value is -3.52. The molecule has 5 rings (SSSR count). The van der Waals surface area contributed by atoms with Crippen molar-refractivity contribution >= 4 is 31.6 Å². The number of sulfonamides is 1. The summed E-state index contributed by atoms with van der Waals surface area (Å²) in [6.07, 6.45) is 0. The third kappa shape index (κ3) is 4.98. The first-order valence-electron chi connectivity index (χ1n) is 11.2. The van der Waals surface area contributed by atoms with Crippen LogP contribution in [0.4, 0.5) is 0 Å². The Labute approximate surface area is 208 Å². The van der Waals surface area contributed by atoms with E-state index in [0.29, 0.717) is 11.2 Å². The van der Waals surface area contributed by atoms with Crippen molar-refractivity contribution in [3.8, 4) is 0 Å². The standard InChI is InChI=1S/C28H24N2O3S2/c1-20-9-8-14-23(17-20)27(22-12-6-3-7-13-22)29-35(32,33)24-15-16-25-26(18-24)34-28(31)30(25)19-21-10-4-2-5-11-21/h2-18,27,29H,19H2,1H3/t27-/m1/s1. The number of hydrogen-bond acceptors (Lipinski definition) is 4. The zero-order valence-corrected chi connectivity index (χ0v) is 20.7. The van der Waals surface area contributed by atoms with Crippen molar-refractivity contribution < 1.29 is 8.42 Å². The second kappa shape index (κ2) is 9.62. The molecule has 0 aliphatic heterocycles. The van der Waals surface area contributed by atoms with E-state index in [9.17, 15) is 13.2 Å². The molecule has 1 aromatic heterocycles. The minimum Gasteiger partial charge on any atom is -0.294 e. The Kier molecular flexibility index (Phi) is 6.38. The van der Waals surface area contributed by atoms with Crippen LogP contribution in [-0.2, 0) is 16.6 Å². The van der Waals surface area contributed by atoms with E-state index in [-0.39, 0.29) is 9.77 Å². The number of aryl methyl sites for hydroxylation is 1. The Morgan fingerprint density at radius 1 is 0.829 bits per heavy atom. The van der Waals surface area contributed by atoms with Crippen molar-refractivity contribution in [1.29, 1.82) is 0 Å². The molecular formula is C28H24N2O3S2. The molecule has 4 aromatic carbocycles. The van der Waals surface area contributed by atoms with E-state index in [1.165, 1.54) is 0 Å². The maximum Gasteiger partial charge on any atom is 0.308 e. The van der Waals surface area contributed by atoms with Crippen LogP contribution in [0.2, 0.25) is 0 Å². The van der Waals surface area contributed by atoms with Gasteiger partial charge in [-0.25, -0.2) is 8.42 Å². The smallest absolute Gasteiger partial charge is 0.294 e. The third-order valence-corrected chi connectivity index (χ3v) is 8.28. The monoisotopic (exact) mass is 500 g/mol. The largest absolute Gasteiger partial charge is 0.308 e. The van der Waals surface area contributed by atoms with Gasteiger partial charge in [-0.3, -0.25) is 9.36 Å². The van der Waals surface area contributed by atoms with E-state index in [4.69, 9.17) is 0 Å². The van der Waals surface area contributed by atoms with Crippen LogP contribution in [0.3, 0.4) is 0 Å². The SMILES string of the molecule is Cc1cccc([C@H](NS(=O)(=O)c2ccc3c(c2)sc(=O)n3Cc2ccccc2)c2ccccc2)c1. The van der Waals surface area contributed by atoms with Crippen LogP contribution in [0.15, 0.2) is 113 Å². The second-order valence-electron chi connectivity index (χ2n) is 8.45. The van der Waals surface area contributed by atoms with Crippen LogP contribution in [0.5, 0.6) is 0 Å². The lowest BCUT2D eigenvalue weighted by Gasteiger charge is -2.20. The molecule has 35 heavy (non-hydrogen) atoms. The van der Waals surface area contributed by atoms with Crippen molar-refractivity contribution in [3.63, 3.8) is 0 Å². The summed E-state index contributed by atoms with van der Waals surface area (Å²) in [6, 6.07) is 31.4. The van der Waals surface area contributed by atoms with Gasteiger partial charge in [0.1, 0.15) is 0 Å². The zero-order valence-electron chi connectivity index (χ0n) is 19.1. The van der Waals surface area contributed by atoms with Gasteiger partial charge in [0.25, 0.3) is 0 Å². The number of rotatable bonds is 7. The average molecular weight is 501 g/mol. The van der Waals surface area contributed by atoms with Gasteiger partial charge in [0.15, 0.2) is 0 Å². The highest BCUT2D eigenvalue weighted by molar-refractivity contribution is 7.89. The van der Waals surface area contributed by atoms with Crippen LogP contribution in [0.25, 0.3) is 10.2 Å². The molecule has 1 heterocycles.